The van der Waals surface area contributed by atoms with Crippen LogP contribution < -0.4 is 0 Å². The average Bonchev–Trinajstić information content (AvgIpc) is 2.78. The van der Waals surface area contributed by atoms with Gasteiger partial charge in [-0.3, -0.25) is 9.59 Å². The van der Waals surface area contributed by atoms with Gasteiger partial charge in [0.25, 0.3) is 0 Å². The first-order chi connectivity index (χ1) is 8.05. The van der Waals surface area contributed by atoms with Crippen LogP contribution in [0.25, 0.3) is 0 Å². The molecule has 3 unspecified atom stereocenters. The van der Waals surface area contributed by atoms with Crippen LogP contribution in [0.4, 0.5) is 0 Å². The predicted octanol–water partition coefficient (Wildman–Crippen LogP) is 2.28. The van der Waals surface area contributed by atoms with E-state index in [2.05, 4.69) is 6.58 Å². The van der Waals surface area contributed by atoms with E-state index in [4.69, 9.17) is 4.74 Å². The lowest BCUT2D eigenvalue weighted by molar-refractivity contribution is -0.161. The van der Waals surface area contributed by atoms with Crippen molar-refractivity contribution in [1.29, 1.82) is 0 Å². The van der Waals surface area contributed by atoms with Crippen LogP contribution in [0.3, 0.4) is 0 Å². The van der Waals surface area contributed by atoms with Crippen molar-refractivity contribution in [3.63, 3.8) is 0 Å². The molecule has 2 aliphatic carbocycles. The van der Waals surface area contributed by atoms with E-state index in [0.717, 1.165) is 12.0 Å². The molecule has 1 saturated carbocycles. The fraction of sp³-hybridized carbons (Fsp3) is 0.571. The molecule has 17 heavy (non-hydrogen) atoms. The number of carbonyl (C=O) groups excluding carboxylic acids is 2. The zero-order valence-corrected chi connectivity index (χ0v) is 10.4. The van der Waals surface area contributed by atoms with Crippen LogP contribution >= 0.6 is 0 Å². The maximum atomic E-state index is 12.2. The molecule has 0 bridgehead atoms. The van der Waals surface area contributed by atoms with Gasteiger partial charge in [-0.25, -0.2) is 0 Å². The monoisotopic (exact) mass is 234 g/mol. The fourth-order valence-electron chi connectivity index (χ4n) is 3.17. The third-order valence-corrected chi connectivity index (χ3v) is 3.90. The smallest absolute Gasteiger partial charge is 0.321 e. The van der Waals surface area contributed by atoms with Crippen molar-refractivity contribution < 1.29 is 14.3 Å². The molecule has 3 atom stereocenters. The minimum absolute atomic E-state index is 0.00394. The summed E-state index contributed by atoms with van der Waals surface area (Å²) in [6.45, 7) is 7.85. The summed E-state index contributed by atoms with van der Waals surface area (Å²) < 4.78 is 5.14. The normalized spacial score (nSPS) is 34.8. The number of allylic oxidation sites excluding steroid dienone is 3. The van der Waals surface area contributed by atoms with Gasteiger partial charge in [0, 0.05) is 18.3 Å². The van der Waals surface area contributed by atoms with E-state index in [1.807, 2.05) is 19.1 Å². The van der Waals surface area contributed by atoms with Crippen LogP contribution in [0, 0.1) is 17.3 Å². The number of ether oxygens (including phenoxy) is 1. The second-order valence-corrected chi connectivity index (χ2v) is 4.87. The molecular weight excluding hydrogens is 216 g/mol. The van der Waals surface area contributed by atoms with Gasteiger partial charge in [-0.1, -0.05) is 24.3 Å². The molecule has 0 spiro atoms. The minimum atomic E-state index is -0.998. The van der Waals surface area contributed by atoms with E-state index in [1.54, 1.807) is 6.92 Å². The number of ketones is 1. The summed E-state index contributed by atoms with van der Waals surface area (Å²) in [4.78, 5) is 24.5. The van der Waals surface area contributed by atoms with E-state index < -0.39 is 5.41 Å². The highest BCUT2D eigenvalue weighted by atomic mass is 16.5. The summed E-state index contributed by atoms with van der Waals surface area (Å²) in [6.07, 6.45) is 5.15. The topological polar surface area (TPSA) is 43.4 Å². The van der Waals surface area contributed by atoms with Gasteiger partial charge >= 0.3 is 5.97 Å². The molecule has 0 aromatic rings. The Balaban J connectivity index is 2.45. The van der Waals surface area contributed by atoms with E-state index in [1.165, 1.54) is 0 Å². The molecule has 2 rings (SSSR count). The van der Waals surface area contributed by atoms with Crippen LogP contribution in [0.1, 0.15) is 26.7 Å². The summed E-state index contributed by atoms with van der Waals surface area (Å²) in [5, 5.41) is 0. The highest BCUT2D eigenvalue weighted by Crippen LogP contribution is 2.54. The quantitative estimate of drug-likeness (QED) is 0.427. The van der Waals surface area contributed by atoms with Crippen molar-refractivity contribution in [2.45, 2.75) is 26.7 Å². The van der Waals surface area contributed by atoms with Gasteiger partial charge in [0.05, 0.1) is 6.61 Å². The predicted molar refractivity (Wildman–Crippen MR) is 64.2 cm³/mol. The molecule has 3 nitrogen and oxygen atoms in total. The molecule has 0 radical (unpaired) electrons. The molecule has 0 aromatic heterocycles. The van der Waals surface area contributed by atoms with Crippen molar-refractivity contribution in [1.82, 2.24) is 0 Å². The second kappa shape index (κ2) is 4.13. The first-order valence-corrected chi connectivity index (χ1v) is 6.09. The fourth-order valence-corrected chi connectivity index (χ4v) is 3.17. The molecule has 0 aromatic carbocycles. The highest BCUT2D eigenvalue weighted by molar-refractivity contribution is 6.07. The lowest BCUT2D eigenvalue weighted by Gasteiger charge is -2.32. The van der Waals surface area contributed by atoms with Crippen molar-refractivity contribution in [2.24, 2.45) is 17.3 Å². The minimum Gasteiger partial charge on any atom is -0.465 e. The Hall–Kier alpha value is -1.38. The summed E-state index contributed by atoms with van der Waals surface area (Å²) in [5.74, 6) is -0.554. The Labute approximate surface area is 102 Å². The largest absolute Gasteiger partial charge is 0.465 e. The van der Waals surface area contributed by atoms with Crippen molar-refractivity contribution in [3.05, 3.63) is 24.3 Å². The number of Topliss-reactive ketones (excluding diaryl/α,β-unsaturated/α-hetero) is 1. The number of rotatable bonds is 3. The summed E-state index contributed by atoms with van der Waals surface area (Å²) >= 11 is 0. The van der Waals surface area contributed by atoms with Gasteiger partial charge in [-0.15, -0.1) is 0 Å². The van der Waals surface area contributed by atoms with Crippen LogP contribution in [0.5, 0.6) is 0 Å². The number of esters is 1. The molecule has 0 N–H and O–H groups in total. The lowest BCUT2D eigenvalue weighted by atomic mass is 9.69. The van der Waals surface area contributed by atoms with Crippen molar-refractivity contribution in [3.8, 4) is 0 Å². The third-order valence-electron chi connectivity index (χ3n) is 3.90. The Kier molecular flexibility index (Phi) is 2.94. The average molecular weight is 234 g/mol. The van der Waals surface area contributed by atoms with Gasteiger partial charge in [0.1, 0.15) is 5.41 Å². The Bertz CT molecular complexity index is 408. The van der Waals surface area contributed by atoms with Gasteiger partial charge in [-0.2, -0.15) is 0 Å². The van der Waals surface area contributed by atoms with E-state index in [0.29, 0.717) is 13.0 Å². The molecule has 3 heteroatoms. The van der Waals surface area contributed by atoms with Crippen molar-refractivity contribution in [2.75, 3.05) is 6.61 Å². The van der Waals surface area contributed by atoms with Gasteiger partial charge in [0.2, 0.25) is 0 Å². The third kappa shape index (κ3) is 1.48. The van der Waals surface area contributed by atoms with Crippen LogP contribution in [-0.4, -0.2) is 18.4 Å². The Morgan fingerprint density at radius 3 is 2.88 bits per heavy atom. The summed E-state index contributed by atoms with van der Waals surface area (Å²) in [7, 11) is 0. The number of hydrogen-bond acceptors (Lipinski definition) is 3. The standard InChI is InChI=1S/C14H18O3/c1-4-17-13(16)14-10(6-8-12(14)15)5-7-11(14)9(2)3/h5,7,10-11H,2,4,6,8H2,1,3H3. The maximum absolute atomic E-state index is 12.2. The molecule has 0 heterocycles. The maximum Gasteiger partial charge on any atom is 0.321 e. The summed E-state index contributed by atoms with van der Waals surface area (Å²) in [5.41, 5.74) is -0.144. The van der Waals surface area contributed by atoms with E-state index >= 15 is 0 Å². The second-order valence-electron chi connectivity index (χ2n) is 4.87. The molecule has 0 aliphatic heterocycles. The van der Waals surface area contributed by atoms with Crippen LogP contribution in [0.15, 0.2) is 24.3 Å². The first-order valence-electron chi connectivity index (χ1n) is 6.09. The van der Waals surface area contributed by atoms with Crippen LogP contribution in [-0.2, 0) is 14.3 Å². The van der Waals surface area contributed by atoms with Crippen LogP contribution in [0.2, 0.25) is 0 Å². The zero-order chi connectivity index (χ0) is 12.6. The van der Waals surface area contributed by atoms with Gasteiger partial charge < -0.3 is 4.74 Å². The first kappa shape index (κ1) is 12.1. The number of carbonyl (C=O) groups is 2. The van der Waals surface area contributed by atoms with Gasteiger partial charge in [0.15, 0.2) is 5.78 Å². The SMILES string of the molecule is C=C(C)C1C=CC2CCC(=O)C21C(=O)OCC. The Morgan fingerprint density at radius 1 is 1.59 bits per heavy atom. The van der Waals surface area contributed by atoms with Gasteiger partial charge in [-0.05, 0) is 20.3 Å². The summed E-state index contributed by atoms with van der Waals surface area (Å²) in [6, 6.07) is 0. The zero-order valence-electron chi connectivity index (χ0n) is 10.4. The number of fused-ring (bicyclic) bond motifs is 1. The lowest BCUT2D eigenvalue weighted by Crippen LogP contribution is -2.45. The van der Waals surface area contributed by atoms with Crippen molar-refractivity contribution >= 4 is 11.8 Å². The number of hydrogen-bond donors (Lipinski definition) is 0. The van der Waals surface area contributed by atoms with E-state index in [9.17, 15) is 9.59 Å². The molecular formula is C14H18O3. The van der Waals surface area contributed by atoms with E-state index in [-0.39, 0.29) is 23.6 Å². The Morgan fingerprint density at radius 2 is 2.29 bits per heavy atom. The molecule has 0 saturated heterocycles. The molecule has 0 amide bonds. The molecule has 92 valence electrons. The highest BCUT2D eigenvalue weighted by Gasteiger charge is 2.62. The molecule has 2 aliphatic rings. The molecule has 1 fully saturated rings.